The maximum atomic E-state index is 13.6. The third-order valence-electron chi connectivity index (χ3n) is 5.81. The van der Waals surface area contributed by atoms with Gasteiger partial charge < -0.3 is 10.1 Å². The van der Waals surface area contributed by atoms with Crippen molar-refractivity contribution < 1.29 is 18.7 Å². The number of nitrogens with one attached hydrogen (secondary N) is 1. The summed E-state index contributed by atoms with van der Waals surface area (Å²) >= 11 is 0. The molecule has 0 aliphatic carbocycles. The number of aryl methyl sites for hydroxylation is 1. The van der Waals surface area contributed by atoms with Gasteiger partial charge in [0.1, 0.15) is 17.3 Å². The highest BCUT2D eigenvalue weighted by Crippen LogP contribution is 2.38. The van der Waals surface area contributed by atoms with Crippen molar-refractivity contribution in [2.45, 2.75) is 33.1 Å². The van der Waals surface area contributed by atoms with Crippen LogP contribution in [0.1, 0.15) is 37.5 Å². The number of carbonyl (C=O) groups is 2. The average molecular weight is 459 g/mol. The van der Waals surface area contributed by atoms with E-state index >= 15 is 0 Å². The van der Waals surface area contributed by atoms with Gasteiger partial charge in [-0.1, -0.05) is 51.1 Å². The minimum Gasteiger partial charge on any atom is -0.495 e. The van der Waals surface area contributed by atoms with Crippen LogP contribution in [0.5, 0.6) is 5.75 Å². The Morgan fingerprint density at radius 3 is 2.12 bits per heavy atom. The molecule has 0 aromatic heterocycles. The SMILES string of the molecule is COc1ccc(C)cc1N1C(=O)C(Nc2ccc(C(C)(C)C)cc2)=C(c2ccc(F)cc2)C1=O. The molecular formula is C28H27FN2O3. The van der Waals surface area contributed by atoms with Gasteiger partial charge in [-0.2, -0.15) is 0 Å². The first-order valence-corrected chi connectivity index (χ1v) is 11.0. The Morgan fingerprint density at radius 2 is 1.53 bits per heavy atom. The van der Waals surface area contributed by atoms with Gasteiger partial charge in [0, 0.05) is 5.69 Å². The number of ether oxygens (including phenoxy) is 1. The van der Waals surface area contributed by atoms with Crippen LogP contribution in [0, 0.1) is 12.7 Å². The third-order valence-corrected chi connectivity index (χ3v) is 5.81. The number of anilines is 2. The van der Waals surface area contributed by atoms with Gasteiger partial charge in [-0.15, -0.1) is 0 Å². The fraction of sp³-hybridized carbons (Fsp3) is 0.214. The van der Waals surface area contributed by atoms with Gasteiger partial charge in [-0.3, -0.25) is 9.59 Å². The number of halogens is 1. The summed E-state index contributed by atoms with van der Waals surface area (Å²) in [6.45, 7) is 8.24. The lowest BCUT2D eigenvalue weighted by atomic mass is 9.87. The third kappa shape index (κ3) is 4.31. The zero-order valence-corrected chi connectivity index (χ0v) is 19.9. The molecule has 0 atom stereocenters. The molecule has 1 aliphatic heterocycles. The highest BCUT2D eigenvalue weighted by Gasteiger charge is 2.41. The molecule has 34 heavy (non-hydrogen) atoms. The number of hydrogen-bond acceptors (Lipinski definition) is 4. The van der Waals surface area contributed by atoms with Crippen molar-refractivity contribution in [1.82, 2.24) is 0 Å². The lowest BCUT2D eigenvalue weighted by Crippen LogP contribution is -2.32. The molecule has 0 fully saturated rings. The highest BCUT2D eigenvalue weighted by molar-refractivity contribution is 6.46. The monoisotopic (exact) mass is 458 g/mol. The van der Waals surface area contributed by atoms with Gasteiger partial charge >= 0.3 is 0 Å². The van der Waals surface area contributed by atoms with E-state index < -0.39 is 17.6 Å². The molecule has 1 heterocycles. The van der Waals surface area contributed by atoms with Crippen LogP contribution in [0.2, 0.25) is 0 Å². The Hall–Kier alpha value is -3.93. The largest absolute Gasteiger partial charge is 0.495 e. The van der Waals surface area contributed by atoms with E-state index in [4.69, 9.17) is 4.74 Å². The average Bonchev–Trinajstić information content (AvgIpc) is 3.03. The second-order valence-corrected chi connectivity index (χ2v) is 9.33. The molecule has 0 spiro atoms. The van der Waals surface area contributed by atoms with Crippen molar-refractivity contribution in [3.05, 3.63) is 94.9 Å². The number of imide groups is 1. The van der Waals surface area contributed by atoms with Gasteiger partial charge in [-0.25, -0.2) is 9.29 Å². The minimum atomic E-state index is -0.506. The van der Waals surface area contributed by atoms with E-state index in [-0.39, 0.29) is 16.7 Å². The standard InChI is InChI=1S/C28H27FN2O3/c1-17-6-15-23(34-5)22(16-17)31-26(32)24(18-7-11-20(29)12-8-18)25(27(31)33)30-21-13-9-19(10-14-21)28(2,3)4/h6-16,30H,1-5H3. The summed E-state index contributed by atoms with van der Waals surface area (Å²) in [7, 11) is 1.49. The number of carbonyl (C=O) groups excluding carboxylic acids is 2. The predicted molar refractivity (Wildman–Crippen MR) is 132 cm³/mol. The number of hydrogen-bond donors (Lipinski definition) is 1. The van der Waals surface area contributed by atoms with Gasteiger partial charge in [0.05, 0.1) is 18.4 Å². The first-order chi connectivity index (χ1) is 16.1. The molecular weight excluding hydrogens is 431 g/mol. The Balaban J connectivity index is 1.81. The van der Waals surface area contributed by atoms with Gasteiger partial charge in [0.2, 0.25) is 0 Å². The van der Waals surface area contributed by atoms with Crippen LogP contribution in [0.3, 0.4) is 0 Å². The summed E-state index contributed by atoms with van der Waals surface area (Å²) < 4.78 is 19.0. The van der Waals surface area contributed by atoms with Crippen molar-refractivity contribution in [2.75, 3.05) is 17.3 Å². The molecule has 0 saturated heterocycles. The smallest absolute Gasteiger partial charge is 0.282 e. The molecule has 6 heteroatoms. The van der Waals surface area contributed by atoms with Crippen LogP contribution in [0.4, 0.5) is 15.8 Å². The number of amides is 2. The molecule has 4 rings (SSSR count). The zero-order chi connectivity index (χ0) is 24.6. The topological polar surface area (TPSA) is 58.6 Å². The van der Waals surface area contributed by atoms with Crippen molar-refractivity contribution in [1.29, 1.82) is 0 Å². The summed E-state index contributed by atoms with van der Waals surface area (Å²) in [5.41, 5.74) is 3.78. The van der Waals surface area contributed by atoms with Crippen molar-refractivity contribution >= 4 is 28.8 Å². The predicted octanol–water partition coefficient (Wildman–Crippen LogP) is 5.84. The Kier molecular flexibility index (Phi) is 6.00. The van der Waals surface area contributed by atoms with Crippen molar-refractivity contribution in [3.63, 3.8) is 0 Å². The van der Waals surface area contributed by atoms with E-state index in [0.717, 1.165) is 16.0 Å². The quantitative estimate of drug-likeness (QED) is 0.488. The summed E-state index contributed by atoms with van der Waals surface area (Å²) in [6, 6.07) is 18.6. The maximum Gasteiger partial charge on any atom is 0.282 e. The molecule has 0 saturated carbocycles. The van der Waals surface area contributed by atoms with Crippen LogP contribution in [0.15, 0.2) is 72.4 Å². The van der Waals surface area contributed by atoms with Crippen LogP contribution in [-0.4, -0.2) is 18.9 Å². The van der Waals surface area contributed by atoms with Crippen LogP contribution < -0.4 is 15.0 Å². The zero-order valence-electron chi connectivity index (χ0n) is 19.9. The molecule has 1 N–H and O–H groups in total. The van der Waals surface area contributed by atoms with Crippen LogP contribution in [-0.2, 0) is 15.0 Å². The van der Waals surface area contributed by atoms with E-state index in [9.17, 15) is 14.0 Å². The molecule has 5 nitrogen and oxygen atoms in total. The fourth-order valence-corrected chi connectivity index (χ4v) is 3.92. The molecule has 1 aliphatic rings. The van der Waals surface area contributed by atoms with Gasteiger partial charge in [0.15, 0.2) is 0 Å². The van der Waals surface area contributed by atoms with E-state index in [1.807, 2.05) is 37.3 Å². The first kappa shape index (κ1) is 23.2. The summed E-state index contributed by atoms with van der Waals surface area (Å²) in [5.74, 6) is -1.03. The van der Waals surface area contributed by atoms with Crippen molar-refractivity contribution in [2.24, 2.45) is 0 Å². The number of methoxy groups -OCH3 is 1. The fourth-order valence-electron chi connectivity index (χ4n) is 3.92. The Bertz CT molecular complexity index is 1290. The molecule has 174 valence electrons. The van der Waals surface area contributed by atoms with E-state index in [1.54, 1.807) is 12.1 Å². The molecule has 0 unspecified atom stereocenters. The van der Waals surface area contributed by atoms with Gasteiger partial charge in [0.25, 0.3) is 11.8 Å². The number of benzene rings is 3. The summed E-state index contributed by atoms with van der Waals surface area (Å²) in [5, 5.41) is 3.15. The van der Waals surface area contributed by atoms with Crippen molar-refractivity contribution in [3.8, 4) is 5.75 Å². The summed E-state index contributed by atoms with van der Waals surface area (Å²) in [4.78, 5) is 28.4. The second-order valence-electron chi connectivity index (χ2n) is 9.33. The highest BCUT2D eigenvalue weighted by atomic mass is 19.1. The van der Waals surface area contributed by atoms with E-state index in [2.05, 4.69) is 26.1 Å². The molecule has 0 radical (unpaired) electrons. The molecule has 0 bridgehead atoms. The number of rotatable bonds is 5. The summed E-state index contributed by atoms with van der Waals surface area (Å²) in [6.07, 6.45) is 0. The molecule has 2 amide bonds. The Morgan fingerprint density at radius 1 is 0.882 bits per heavy atom. The van der Waals surface area contributed by atoms with Gasteiger partial charge in [-0.05, 0) is 65.4 Å². The van der Waals surface area contributed by atoms with E-state index in [0.29, 0.717) is 22.7 Å². The van der Waals surface area contributed by atoms with Crippen LogP contribution >= 0.6 is 0 Å². The molecule has 3 aromatic rings. The number of nitrogens with zero attached hydrogens (tertiary/aromatic N) is 1. The minimum absolute atomic E-state index is 0.0191. The van der Waals surface area contributed by atoms with Crippen LogP contribution in [0.25, 0.3) is 5.57 Å². The van der Waals surface area contributed by atoms with E-state index in [1.165, 1.54) is 31.4 Å². The maximum absolute atomic E-state index is 13.6. The lowest BCUT2D eigenvalue weighted by molar-refractivity contribution is -0.120. The second kappa shape index (κ2) is 8.78. The first-order valence-electron chi connectivity index (χ1n) is 11.0. The molecule has 3 aromatic carbocycles. The normalized spacial score (nSPS) is 14.1. The lowest BCUT2D eigenvalue weighted by Gasteiger charge is -2.20. The Labute approximate surface area is 198 Å².